The summed E-state index contributed by atoms with van der Waals surface area (Å²) in [6, 6.07) is 6.16. The highest BCUT2D eigenvalue weighted by Gasteiger charge is 2.60. The maximum Gasteiger partial charge on any atom is 0.251 e. The van der Waals surface area contributed by atoms with Crippen molar-refractivity contribution in [1.82, 2.24) is 20.1 Å². The Labute approximate surface area is 245 Å². The maximum atomic E-state index is 14.5. The summed E-state index contributed by atoms with van der Waals surface area (Å²) in [5.74, 6) is 1.70. The number of piperazine rings is 1. The summed E-state index contributed by atoms with van der Waals surface area (Å²) in [4.78, 5) is 33.6. The number of allylic oxidation sites excluding steroid dienone is 4. The van der Waals surface area contributed by atoms with Gasteiger partial charge in [-0.15, -0.1) is 0 Å². The molecule has 2 saturated heterocycles. The molecule has 2 N–H and O–H groups in total. The predicted molar refractivity (Wildman–Crippen MR) is 156 cm³/mol. The van der Waals surface area contributed by atoms with Gasteiger partial charge in [-0.2, -0.15) is 0 Å². The summed E-state index contributed by atoms with van der Waals surface area (Å²) in [6.07, 6.45) is 6.01. The van der Waals surface area contributed by atoms with Crippen molar-refractivity contribution >= 4 is 17.6 Å². The van der Waals surface area contributed by atoms with Crippen LogP contribution in [-0.2, 0) is 22.5 Å². The molecule has 6 rings (SSSR count). The lowest BCUT2D eigenvalue weighted by molar-refractivity contribution is -0.116. The second-order valence-electron chi connectivity index (χ2n) is 11.3. The fraction of sp³-hybridized carbons (Fsp3) is 0.406. The van der Waals surface area contributed by atoms with Crippen molar-refractivity contribution in [2.45, 2.75) is 45.4 Å². The minimum Gasteiger partial charge on any atom is -0.487 e. The van der Waals surface area contributed by atoms with Crippen LogP contribution in [0.1, 0.15) is 41.8 Å². The van der Waals surface area contributed by atoms with Gasteiger partial charge in [0.2, 0.25) is 5.91 Å². The molecule has 3 aliphatic heterocycles. The van der Waals surface area contributed by atoms with Crippen LogP contribution < -0.4 is 15.4 Å². The Morgan fingerprint density at radius 2 is 2.02 bits per heavy atom. The molecular weight excluding hydrogens is 537 g/mol. The van der Waals surface area contributed by atoms with Crippen LogP contribution in [0.15, 0.2) is 66.3 Å². The quantitative estimate of drug-likeness (QED) is 0.464. The second-order valence-corrected chi connectivity index (χ2v) is 11.3. The van der Waals surface area contributed by atoms with Crippen molar-refractivity contribution in [2.24, 2.45) is 5.92 Å². The highest BCUT2D eigenvalue weighted by Crippen LogP contribution is 2.51. The lowest BCUT2D eigenvalue weighted by atomic mass is 10.1. The molecule has 0 spiro atoms. The van der Waals surface area contributed by atoms with Gasteiger partial charge in [-0.1, -0.05) is 13.5 Å². The average molecular weight is 574 g/mol. The number of benzene rings is 1. The van der Waals surface area contributed by atoms with Gasteiger partial charge in [-0.05, 0) is 67.4 Å². The molecule has 0 radical (unpaired) electrons. The van der Waals surface area contributed by atoms with E-state index in [0.29, 0.717) is 48.0 Å². The number of ether oxygens (including phenoxy) is 2. The molecule has 1 saturated carbocycles. The van der Waals surface area contributed by atoms with Gasteiger partial charge < -0.3 is 25.0 Å². The molecule has 3 fully saturated rings. The molecule has 4 aliphatic rings. The maximum absolute atomic E-state index is 14.5. The van der Waals surface area contributed by atoms with Gasteiger partial charge >= 0.3 is 0 Å². The molecule has 1 aromatic heterocycles. The Balaban J connectivity index is 1.03. The predicted octanol–water partition coefficient (Wildman–Crippen LogP) is 3.79. The van der Waals surface area contributed by atoms with E-state index in [2.05, 4.69) is 38.9 Å². The molecule has 3 atom stereocenters. The van der Waals surface area contributed by atoms with Crippen molar-refractivity contribution in [3.8, 4) is 5.75 Å². The summed E-state index contributed by atoms with van der Waals surface area (Å²) in [7, 11) is 0. The van der Waals surface area contributed by atoms with E-state index < -0.39 is 5.82 Å². The Hall–Kier alpha value is -4.02. The Morgan fingerprint density at radius 1 is 1.24 bits per heavy atom. The normalized spacial score (nSPS) is 25.0. The number of halogens is 1. The summed E-state index contributed by atoms with van der Waals surface area (Å²) in [5, 5.41) is 5.78. The highest BCUT2D eigenvalue weighted by molar-refractivity contribution is 5.95. The van der Waals surface area contributed by atoms with Gasteiger partial charge in [0.1, 0.15) is 35.0 Å². The zero-order valence-corrected chi connectivity index (χ0v) is 24.0. The molecule has 42 heavy (non-hydrogen) atoms. The minimum atomic E-state index is -0.409. The van der Waals surface area contributed by atoms with Crippen molar-refractivity contribution in [1.29, 1.82) is 0 Å². The van der Waals surface area contributed by atoms with Crippen LogP contribution >= 0.6 is 0 Å². The number of carbonyl (C=O) groups is 2. The molecule has 220 valence electrons. The van der Waals surface area contributed by atoms with Gasteiger partial charge in [-0.3, -0.25) is 14.5 Å². The number of nitrogens with one attached hydrogen (secondary N) is 2. The number of anilines is 1. The van der Waals surface area contributed by atoms with Crippen LogP contribution in [0.4, 0.5) is 10.2 Å². The monoisotopic (exact) mass is 573 g/mol. The lowest BCUT2D eigenvalue weighted by Crippen LogP contribution is -2.45. The number of likely N-dealkylation sites (N-methyl/N-ethyl adjacent to an activating group) is 1. The SMILES string of the molecule is C=C1/C(=C\C=C(/C)Oc2ccnc3c2CCC(=O)N3)O[C@@H]2[C@@H](NC(=O)c3cc(F)cc(CN4CCN(CC)CC4)c3)[C@H]12. The van der Waals surface area contributed by atoms with Gasteiger partial charge in [0, 0.05) is 62.4 Å². The third kappa shape index (κ3) is 5.96. The van der Waals surface area contributed by atoms with E-state index in [1.807, 2.05) is 19.1 Å². The second kappa shape index (κ2) is 11.7. The summed E-state index contributed by atoms with van der Waals surface area (Å²) >= 11 is 0. The standard InChI is InChI=1S/C32H36FN5O4/c1-4-37-11-13-38(14-12-37)18-21-15-22(17-23(33)16-21)32(40)36-29-28-20(3)25(42-30(28)29)7-5-19(2)41-26-9-10-34-31-24(26)6-8-27(39)35-31/h5,7,9-10,15-17,28-30H,3-4,6,8,11-14,18H2,1-2H3,(H,36,40)(H,34,35,39)/b19-5+,25-7+/t28-,29-,30-/m0/s1. The summed E-state index contributed by atoms with van der Waals surface area (Å²) in [6.45, 7) is 13.7. The van der Waals surface area contributed by atoms with E-state index in [1.165, 1.54) is 12.1 Å². The van der Waals surface area contributed by atoms with E-state index in [-0.39, 0.29) is 29.9 Å². The molecule has 1 aromatic carbocycles. The molecular formula is C32H36FN5O4. The lowest BCUT2D eigenvalue weighted by Gasteiger charge is -2.34. The number of hydrogen-bond donors (Lipinski definition) is 2. The smallest absolute Gasteiger partial charge is 0.251 e. The van der Waals surface area contributed by atoms with Gasteiger partial charge in [0.05, 0.1) is 6.04 Å². The van der Waals surface area contributed by atoms with E-state index in [4.69, 9.17) is 9.47 Å². The van der Waals surface area contributed by atoms with Crippen LogP contribution in [0.3, 0.4) is 0 Å². The van der Waals surface area contributed by atoms with E-state index in [1.54, 1.807) is 18.3 Å². The third-order valence-electron chi connectivity index (χ3n) is 8.38. The summed E-state index contributed by atoms with van der Waals surface area (Å²) < 4.78 is 26.6. The number of aromatic nitrogens is 1. The molecule has 4 heterocycles. The topological polar surface area (TPSA) is 96.0 Å². The minimum absolute atomic E-state index is 0.0199. The number of hydrogen-bond acceptors (Lipinski definition) is 7. The number of pyridine rings is 1. The first kappa shape index (κ1) is 28.1. The Bertz CT molecular complexity index is 1480. The average Bonchev–Trinajstić information content (AvgIpc) is 3.54. The first-order chi connectivity index (χ1) is 20.3. The Kier molecular flexibility index (Phi) is 7.83. The zero-order chi connectivity index (χ0) is 29.4. The molecule has 1 aliphatic carbocycles. The first-order valence-electron chi connectivity index (χ1n) is 14.5. The van der Waals surface area contributed by atoms with Gasteiger partial charge in [0.25, 0.3) is 5.91 Å². The molecule has 2 amide bonds. The Morgan fingerprint density at radius 3 is 2.76 bits per heavy atom. The van der Waals surface area contributed by atoms with Gasteiger partial charge in [0.15, 0.2) is 0 Å². The van der Waals surface area contributed by atoms with Crippen molar-refractivity contribution in [3.05, 3.63) is 88.8 Å². The van der Waals surface area contributed by atoms with Crippen molar-refractivity contribution < 1.29 is 23.5 Å². The van der Waals surface area contributed by atoms with Crippen LogP contribution in [0, 0.1) is 11.7 Å². The molecule has 10 heteroatoms. The molecule has 0 bridgehead atoms. The number of fused-ring (bicyclic) bond motifs is 2. The van der Waals surface area contributed by atoms with E-state index >= 15 is 0 Å². The summed E-state index contributed by atoms with van der Waals surface area (Å²) in [5.41, 5.74) is 2.80. The molecule has 9 nitrogen and oxygen atoms in total. The number of nitrogens with zero attached hydrogens (tertiary/aromatic N) is 3. The number of carbonyl (C=O) groups excluding carboxylic acids is 2. The molecule has 0 unspecified atom stereocenters. The van der Waals surface area contributed by atoms with E-state index in [0.717, 1.165) is 49.4 Å². The third-order valence-corrected chi connectivity index (χ3v) is 8.38. The van der Waals surface area contributed by atoms with Crippen LogP contribution in [0.25, 0.3) is 0 Å². The number of rotatable bonds is 8. The molecule has 2 aromatic rings. The van der Waals surface area contributed by atoms with Crippen LogP contribution in [0.5, 0.6) is 5.75 Å². The van der Waals surface area contributed by atoms with Gasteiger partial charge in [-0.25, -0.2) is 9.37 Å². The fourth-order valence-electron chi connectivity index (χ4n) is 5.93. The van der Waals surface area contributed by atoms with Crippen molar-refractivity contribution in [3.63, 3.8) is 0 Å². The first-order valence-corrected chi connectivity index (χ1v) is 14.5. The number of amides is 2. The fourth-order valence-corrected chi connectivity index (χ4v) is 5.93. The van der Waals surface area contributed by atoms with Crippen LogP contribution in [-0.4, -0.2) is 71.5 Å². The van der Waals surface area contributed by atoms with Crippen molar-refractivity contribution in [2.75, 3.05) is 38.0 Å². The van der Waals surface area contributed by atoms with Crippen LogP contribution in [0.2, 0.25) is 0 Å². The highest BCUT2D eigenvalue weighted by atomic mass is 19.1. The largest absolute Gasteiger partial charge is 0.487 e. The zero-order valence-electron chi connectivity index (χ0n) is 24.0. The van der Waals surface area contributed by atoms with E-state index in [9.17, 15) is 14.0 Å².